The Hall–Kier alpha value is -2.48. The van der Waals surface area contributed by atoms with Gasteiger partial charge in [0.25, 0.3) is 5.89 Å². The van der Waals surface area contributed by atoms with E-state index in [1.54, 1.807) is 36.3 Å². The Morgan fingerprint density at radius 3 is 2.96 bits per heavy atom. The highest BCUT2D eigenvalue weighted by molar-refractivity contribution is 7.07. The quantitative estimate of drug-likeness (QED) is 0.690. The molecule has 0 unspecified atom stereocenters. The maximum absolute atomic E-state index is 12.1. The number of nitrogens with zero attached hydrogens (tertiary/aromatic N) is 4. The van der Waals surface area contributed by atoms with E-state index in [9.17, 15) is 4.79 Å². The van der Waals surface area contributed by atoms with Gasteiger partial charge >= 0.3 is 0 Å². The number of amides is 1. The van der Waals surface area contributed by atoms with E-state index in [0.29, 0.717) is 42.6 Å². The fourth-order valence-corrected chi connectivity index (χ4v) is 2.73. The Balaban J connectivity index is 1.54. The normalized spacial score (nSPS) is 10.9. The van der Waals surface area contributed by atoms with Crippen molar-refractivity contribution in [3.8, 4) is 11.6 Å². The summed E-state index contributed by atoms with van der Waals surface area (Å²) >= 11 is 1.62. The lowest BCUT2D eigenvalue weighted by Crippen LogP contribution is -2.26. The number of rotatable bonds is 6. The molecule has 7 nitrogen and oxygen atoms in total. The van der Waals surface area contributed by atoms with Crippen molar-refractivity contribution in [1.82, 2.24) is 20.3 Å². The molecule has 120 valence electrons. The monoisotopic (exact) mass is 332 g/mol. The molecular weight excluding hydrogens is 316 g/mol. The number of carbonyl (C=O) groups is 1. The zero-order valence-electron chi connectivity index (χ0n) is 12.9. The van der Waals surface area contributed by atoms with E-state index in [1.165, 1.54) is 0 Å². The molecule has 3 aromatic rings. The Morgan fingerprint density at radius 1 is 1.39 bits per heavy atom. The molecule has 0 aliphatic rings. The minimum absolute atomic E-state index is 0.0354. The summed E-state index contributed by atoms with van der Waals surface area (Å²) in [4.78, 5) is 13.8. The van der Waals surface area contributed by atoms with Crippen molar-refractivity contribution in [1.29, 1.82) is 0 Å². The van der Waals surface area contributed by atoms with Crippen molar-refractivity contribution in [2.24, 2.45) is 0 Å². The highest BCUT2D eigenvalue weighted by Crippen LogP contribution is 2.18. The van der Waals surface area contributed by atoms with E-state index in [0.717, 1.165) is 5.56 Å². The molecule has 0 bridgehead atoms. The molecule has 3 aromatic heterocycles. The fourth-order valence-electron chi connectivity index (χ4n) is 2.07. The van der Waals surface area contributed by atoms with Crippen LogP contribution in [0.1, 0.15) is 23.6 Å². The van der Waals surface area contributed by atoms with Crippen LogP contribution in [0, 0.1) is 6.92 Å². The third-order valence-corrected chi connectivity index (χ3v) is 4.02. The van der Waals surface area contributed by atoms with Gasteiger partial charge in [-0.05, 0) is 29.3 Å². The summed E-state index contributed by atoms with van der Waals surface area (Å²) in [6, 6.07) is 3.73. The molecule has 0 spiro atoms. The lowest BCUT2D eigenvalue weighted by Gasteiger charge is -2.15. The molecule has 1 amide bonds. The van der Waals surface area contributed by atoms with Gasteiger partial charge in [0, 0.05) is 32.5 Å². The first-order chi connectivity index (χ1) is 11.1. The fraction of sp³-hybridized carbons (Fsp3) is 0.333. The zero-order valence-corrected chi connectivity index (χ0v) is 13.7. The van der Waals surface area contributed by atoms with Crippen LogP contribution in [-0.4, -0.2) is 33.2 Å². The van der Waals surface area contributed by atoms with Crippen LogP contribution < -0.4 is 0 Å². The molecule has 0 N–H and O–H groups in total. The van der Waals surface area contributed by atoms with E-state index in [-0.39, 0.29) is 5.91 Å². The lowest BCUT2D eigenvalue weighted by molar-refractivity contribution is -0.130. The topological polar surface area (TPSA) is 85.3 Å². The third-order valence-electron chi connectivity index (χ3n) is 3.29. The molecule has 8 heteroatoms. The molecule has 0 fully saturated rings. The smallest absolute Gasteiger partial charge is 0.269 e. The molecule has 0 aliphatic carbocycles. The van der Waals surface area contributed by atoms with Crippen molar-refractivity contribution < 1.29 is 13.7 Å². The average Bonchev–Trinajstić information content (AvgIpc) is 3.25. The second kappa shape index (κ2) is 6.74. The summed E-state index contributed by atoms with van der Waals surface area (Å²) in [6.45, 7) is 2.39. The molecule has 0 radical (unpaired) electrons. The molecule has 3 heterocycles. The molecular formula is C15H16N4O3S. The number of hydrogen-bond donors (Lipinski definition) is 0. The van der Waals surface area contributed by atoms with Gasteiger partial charge in [-0.25, -0.2) is 0 Å². The van der Waals surface area contributed by atoms with Gasteiger partial charge in [-0.15, -0.1) is 10.2 Å². The zero-order chi connectivity index (χ0) is 16.2. The molecule has 0 aromatic carbocycles. The predicted molar refractivity (Wildman–Crippen MR) is 83.6 cm³/mol. The van der Waals surface area contributed by atoms with Crippen LogP contribution in [0.4, 0.5) is 0 Å². The number of thiophene rings is 1. The first-order valence-corrected chi connectivity index (χ1v) is 8.07. The van der Waals surface area contributed by atoms with Crippen LogP contribution in [-0.2, 0) is 17.8 Å². The summed E-state index contributed by atoms with van der Waals surface area (Å²) < 4.78 is 10.5. The Kier molecular flexibility index (Phi) is 4.52. The van der Waals surface area contributed by atoms with Gasteiger partial charge in [0.2, 0.25) is 11.8 Å². The standard InChI is InChI=1S/C15H16N4O3S/c1-10-7-12(18-22-10)15-17-16-13(21-15)3-4-14(20)19(2)8-11-5-6-23-9-11/h5-7,9H,3-4,8H2,1-2H3. The Labute approximate surface area is 136 Å². The Morgan fingerprint density at radius 2 is 2.26 bits per heavy atom. The first kappa shape index (κ1) is 15.4. The van der Waals surface area contributed by atoms with Crippen LogP contribution in [0.5, 0.6) is 0 Å². The molecule has 0 saturated carbocycles. The molecule has 23 heavy (non-hydrogen) atoms. The largest absolute Gasteiger partial charge is 0.419 e. The maximum atomic E-state index is 12.1. The predicted octanol–water partition coefficient (Wildman–Crippen LogP) is 2.69. The Bertz CT molecular complexity index is 778. The van der Waals surface area contributed by atoms with Gasteiger partial charge in [-0.2, -0.15) is 11.3 Å². The van der Waals surface area contributed by atoms with Crippen molar-refractivity contribution in [3.63, 3.8) is 0 Å². The number of aromatic nitrogens is 3. The maximum Gasteiger partial charge on any atom is 0.269 e. The van der Waals surface area contributed by atoms with Crippen LogP contribution in [0.25, 0.3) is 11.6 Å². The van der Waals surface area contributed by atoms with E-state index < -0.39 is 0 Å². The van der Waals surface area contributed by atoms with E-state index >= 15 is 0 Å². The molecule has 0 atom stereocenters. The minimum Gasteiger partial charge on any atom is -0.419 e. The van der Waals surface area contributed by atoms with Crippen molar-refractivity contribution in [3.05, 3.63) is 40.1 Å². The van der Waals surface area contributed by atoms with Crippen LogP contribution in [0.2, 0.25) is 0 Å². The number of hydrogen-bond acceptors (Lipinski definition) is 7. The van der Waals surface area contributed by atoms with Crippen molar-refractivity contribution >= 4 is 17.2 Å². The third kappa shape index (κ3) is 3.84. The molecule has 0 aliphatic heterocycles. The first-order valence-electron chi connectivity index (χ1n) is 7.13. The molecule has 3 rings (SSSR count). The second-order valence-electron chi connectivity index (χ2n) is 5.21. The van der Waals surface area contributed by atoms with Gasteiger partial charge in [0.15, 0.2) is 5.69 Å². The SMILES string of the molecule is Cc1cc(-c2nnc(CCC(=O)N(C)Cc3ccsc3)o2)no1. The second-order valence-corrected chi connectivity index (χ2v) is 5.99. The van der Waals surface area contributed by atoms with E-state index in [1.807, 2.05) is 16.8 Å². The van der Waals surface area contributed by atoms with Gasteiger partial charge in [0.05, 0.1) is 0 Å². The van der Waals surface area contributed by atoms with Crippen LogP contribution >= 0.6 is 11.3 Å². The number of aryl methyl sites for hydroxylation is 2. The van der Waals surface area contributed by atoms with E-state index in [4.69, 9.17) is 8.94 Å². The van der Waals surface area contributed by atoms with E-state index in [2.05, 4.69) is 15.4 Å². The minimum atomic E-state index is 0.0354. The van der Waals surface area contributed by atoms with Crippen LogP contribution in [0.15, 0.2) is 31.8 Å². The van der Waals surface area contributed by atoms with Gasteiger partial charge in [-0.1, -0.05) is 5.16 Å². The summed E-state index contributed by atoms with van der Waals surface area (Å²) in [7, 11) is 1.79. The van der Waals surface area contributed by atoms with Crippen LogP contribution in [0.3, 0.4) is 0 Å². The number of carbonyl (C=O) groups excluding carboxylic acids is 1. The highest BCUT2D eigenvalue weighted by Gasteiger charge is 2.15. The summed E-state index contributed by atoms with van der Waals surface area (Å²) in [5, 5.41) is 15.7. The highest BCUT2D eigenvalue weighted by atomic mass is 32.1. The van der Waals surface area contributed by atoms with Crippen molar-refractivity contribution in [2.45, 2.75) is 26.3 Å². The summed E-state index contributed by atoms with van der Waals surface area (Å²) in [5.41, 5.74) is 1.63. The summed E-state index contributed by atoms with van der Waals surface area (Å²) in [6.07, 6.45) is 0.719. The lowest BCUT2D eigenvalue weighted by atomic mass is 10.2. The molecule has 0 saturated heterocycles. The van der Waals surface area contributed by atoms with Gasteiger partial charge in [-0.3, -0.25) is 4.79 Å². The van der Waals surface area contributed by atoms with Gasteiger partial charge < -0.3 is 13.8 Å². The van der Waals surface area contributed by atoms with Gasteiger partial charge in [0.1, 0.15) is 5.76 Å². The van der Waals surface area contributed by atoms with Crippen molar-refractivity contribution in [2.75, 3.05) is 7.05 Å². The average molecular weight is 332 g/mol. The summed E-state index contributed by atoms with van der Waals surface area (Å²) in [5.74, 6) is 1.42.